The highest BCUT2D eigenvalue weighted by molar-refractivity contribution is 5.93. The monoisotopic (exact) mass is 280 g/mol. The molecule has 0 N–H and O–H groups in total. The molecule has 0 aliphatic rings. The lowest BCUT2D eigenvalue weighted by Crippen LogP contribution is -2.04. The average molecular weight is 280 g/mol. The van der Waals surface area contributed by atoms with Gasteiger partial charge in [-0.25, -0.2) is 4.79 Å². The van der Waals surface area contributed by atoms with E-state index < -0.39 is 0 Å². The quantitative estimate of drug-likeness (QED) is 0.604. The summed E-state index contributed by atoms with van der Waals surface area (Å²) in [5.74, 6) is -0.258. The van der Waals surface area contributed by atoms with E-state index in [0.717, 1.165) is 12.0 Å². The molecule has 0 aliphatic heterocycles. The second-order valence-corrected chi connectivity index (χ2v) is 4.96. The first-order chi connectivity index (χ1) is 10.2. The van der Waals surface area contributed by atoms with Gasteiger partial charge in [0.2, 0.25) is 0 Å². The number of hydrogen-bond acceptors (Lipinski definition) is 2. The highest BCUT2D eigenvalue weighted by Gasteiger charge is 2.04. The summed E-state index contributed by atoms with van der Waals surface area (Å²) < 4.78 is 4.99. The van der Waals surface area contributed by atoms with E-state index in [2.05, 4.69) is 24.3 Å². The van der Waals surface area contributed by atoms with E-state index in [0.29, 0.717) is 12.2 Å². The minimum atomic E-state index is -0.258. The zero-order chi connectivity index (χ0) is 15.1. The van der Waals surface area contributed by atoms with Crippen LogP contribution in [0.5, 0.6) is 0 Å². The summed E-state index contributed by atoms with van der Waals surface area (Å²) >= 11 is 0. The molecular formula is C19H20O2. The van der Waals surface area contributed by atoms with Crippen molar-refractivity contribution in [3.05, 3.63) is 76.9 Å². The third-order valence-corrected chi connectivity index (χ3v) is 3.18. The van der Waals surface area contributed by atoms with Crippen molar-refractivity contribution in [3.63, 3.8) is 0 Å². The van der Waals surface area contributed by atoms with Crippen molar-refractivity contribution in [2.75, 3.05) is 6.61 Å². The number of hydrogen-bond donors (Lipinski definition) is 0. The minimum absolute atomic E-state index is 0.258. The van der Waals surface area contributed by atoms with E-state index in [1.165, 1.54) is 11.1 Å². The maximum atomic E-state index is 11.6. The Morgan fingerprint density at radius 1 is 1.05 bits per heavy atom. The Bertz CT molecular complexity index is 627. The van der Waals surface area contributed by atoms with Gasteiger partial charge in [-0.2, -0.15) is 0 Å². The molecule has 108 valence electrons. The van der Waals surface area contributed by atoms with Gasteiger partial charge in [-0.15, -0.1) is 0 Å². The van der Waals surface area contributed by atoms with Crippen molar-refractivity contribution < 1.29 is 9.53 Å². The number of esters is 1. The summed E-state index contributed by atoms with van der Waals surface area (Å²) in [4.78, 5) is 11.6. The molecule has 0 atom stereocenters. The normalized spacial score (nSPS) is 11.2. The number of carbonyl (C=O) groups excluding carboxylic acids is 1. The Balaban J connectivity index is 2.14. The van der Waals surface area contributed by atoms with Crippen molar-refractivity contribution >= 4 is 12.0 Å². The van der Waals surface area contributed by atoms with E-state index in [-0.39, 0.29) is 5.97 Å². The molecule has 0 amide bonds. The van der Waals surface area contributed by atoms with Crippen molar-refractivity contribution in [3.8, 4) is 0 Å². The van der Waals surface area contributed by atoms with E-state index in [1.807, 2.05) is 43.3 Å². The van der Waals surface area contributed by atoms with Crippen LogP contribution in [0.3, 0.4) is 0 Å². The summed E-state index contributed by atoms with van der Waals surface area (Å²) in [5, 5.41) is 0. The zero-order valence-corrected chi connectivity index (χ0v) is 12.5. The van der Waals surface area contributed by atoms with Gasteiger partial charge in [-0.1, -0.05) is 54.6 Å². The van der Waals surface area contributed by atoms with Crippen molar-refractivity contribution in [1.82, 2.24) is 0 Å². The predicted molar refractivity (Wildman–Crippen MR) is 86.0 cm³/mol. The third kappa shape index (κ3) is 4.60. The Morgan fingerprint density at radius 3 is 2.48 bits per heavy atom. The highest BCUT2D eigenvalue weighted by Crippen LogP contribution is 2.14. The number of benzene rings is 2. The summed E-state index contributed by atoms with van der Waals surface area (Å²) in [6.07, 6.45) is 2.76. The molecular weight excluding hydrogens is 260 g/mol. The molecule has 0 heterocycles. The largest absolute Gasteiger partial charge is 0.463 e. The Labute approximate surface area is 126 Å². The lowest BCUT2D eigenvalue weighted by molar-refractivity contribution is -0.138. The van der Waals surface area contributed by atoms with Crippen LogP contribution in [0.4, 0.5) is 0 Å². The summed E-state index contributed by atoms with van der Waals surface area (Å²) in [6.45, 7) is 3.99. The number of rotatable bonds is 5. The molecule has 2 rings (SSSR count). The number of carbonyl (C=O) groups is 1. The van der Waals surface area contributed by atoms with Gasteiger partial charge in [0.15, 0.2) is 0 Å². The first kappa shape index (κ1) is 15.0. The molecule has 0 radical (unpaired) electrons. The fourth-order valence-electron chi connectivity index (χ4n) is 2.18. The summed E-state index contributed by atoms with van der Waals surface area (Å²) in [6, 6.07) is 18.6. The molecule has 0 aliphatic carbocycles. The van der Waals surface area contributed by atoms with Crippen molar-refractivity contribution in [2.24, 2.45) is 0 Å². The molecule has 21 heavy (non-hydrogen) atoms. The molecule has 0 aromatic heterocycles. The molecule has 2 heteroatoms. The Hall–Kier alpha value is -2.35. The number of ether oxygens (including phenoxy) is 1. The molecule has 0 saturated heterocycles. The van der Waals surface area contributed by atoms with Crippen molar-refractivity contribution in [2.45, 2.75) is 20.3 Å². The first-order valence-corrected chi connectivity index (χ1v) is 7.17. The van der Waals surface area contributed by atoms with Crippen LogP contribution in [0.1, 0.15) is 30.5 Å². The third-order valence-electron chi connectivity index (χ3n) is 3.18. The van der Waals surface area contributed by atoms with Crippen LogP contribution in [0.2, 0.25) is 0 Å². The first-order valence-electron chi connectivity index (χ1n) is 7.17. The van der Waals surface area contributed by atoms with E-state index in [1.54, 1.807) is 6.92 Å². The fraction of sp³-hybridized carbons (Fsp3) is 0.211. The van der Waals surface area contributed by atoms with Gasteiger partial charge in [0.1, 0.15) is 0 Å². The van der Waals surface area contributed by atoms with Crippen LogP contribution in [-0.4, -0.2) is 12.6 Å². The molecule has 2 aromatic rings. The Morgan fingerprint density at radius 2 is 1.76 bits per heavy atom. The van der Waals surface area contributed by atoms with E-state index in [9.17, 15) is 4.79 Å². The van der Waals surface area contributed by atoms with Crippen LogP contribution < -0.4 is 0 Å². The fourth-order valence-corrected chi connectivity index (χ4v) is 2.18. The van der Waals surface area contributed by atoms with Crippen LogP contribution in [0, 0.1) is 0 Å². The van der Waals surface area contributed by atoms with Gasteiger partial charge in [-0.3, -0.25) is 0 Å². The second-order valence-electron chi connectivity index (χ2n) is 4.96. The lowest BCUT2D eigenvalue weighted by atomic mass is 10.0. The molecule has 0 fully saturated rings. The standard InChI is InChI=1S/C19H20O2/c1-3-21-19(20)15(2)12-17-10-7-11-18(14-17)13-16-8-5-4-6-9-16/h4-12,14H,3,13H2,1-2H3. The molecule has 2 nitrogen and oxygen atoms in total. The smallest absolute Gasteiger partial charge is 0.333 e. The predicted octanol–water partition coefficient (Wildman–Crippen LogP) is 4.24. The van der Waals surface area contributed by atoms with E-state index >= 15 is 0 Å². The van der Waals surface area contributed by atoms with Crippen molar-refractivity contribution in [1.29, 1.82) is 0 Å². The second kappa shape index (κ2) is 7.44. The van der Waals surface area contributed by atoms with Crippen LogP contribution in [0.25, 0.3) is 6.08 Å². The van der Waals surface area contributed by atoms with Gasteiger partial charge in [0.05, 0.1) is 6.61 Å². The lowest BCUT2D eigenvalue weighted by Gasteiger charge is -2.05. The average Bonchev–Trinajstić information content (AvgIpc) is 2.49. The van der Waals surface area contributed by atoms with Gasteiger partial charge in [-0.05, 0) is 43.0 Å². The summed E-state index contributed by atoms with van der Waals surface area (Å²) in [7, 11) is 0. The SMILES string of the molecule is CCOC(=O)C(C)=Cc1cccc(Cc2ccccc2)c1. The van der Waals surface area contributed by atoms with Crippen LogP contribution in [0.15, 0.2) is 60.2 Å². The zero-order valence-electron chi connectivity index (χ0n) is 12.5. The maximum Gasteiger partial charge on any atom is 0.333 e. The van der Waals surface area contributed by atoms with Crippen LogP contribution in [-0.2, 0) is 16.0 Å². The minimum Gasteiger partial charge on any atom is -0.463 e. The van der Waals surface area contributed by atoms with Gasteiger partial charge in [0.25, 0.3) is 0 Å². The molecule has 0 spiro atoms. The van der Waals surface area contributed by atoms with Gasteiger partial charge >= 0.3 is 5.97 Å². The van der Waals surface area contributed by atoms with Crippen LogP contribution >= 0.6 is 0 Å². The van der Waals surface area contributed by atoms with Gasteiger partial charge in [0, 0.05) is 5.57 Å². The Kier molecular flexibility index (Phi) is 5.33. The highest BCUT2D eigenvalue weighted by atomic mass is 16.5. The molecule has 0 unspecified atom stereocenters. The molecule has 0 saturated carbocycles. The molecule has 0 bridgehead atoms. The topological polar surface area (TPSA) is 26.3 Å². The summed E-state index contributed by atoms with van der Waals surface area (Å²) in [5.41, 5.74) is 4.15. The van der Waals surface area contributed by atoms with Gasteiger partial charge < -0.3 is 4.74 Å². The maximum absolute atomic E-state index is 11.6. The molecule has 2 aromatic carbocycles. The van der Waals surface area contributed by atoms with E-state index in [4.69, 9.17) is 4.74 Å².